The number of carbonyl (C=O) groups is 2. The third kappa shape index (κ3) is 5.41. The average molecular weight is 386 g/mol. The molecule has 0 saturated heterocycles. The van der Waals surface area contributed by atoms with Gasteiger partial charge in [0.25, 0.3) is 0 Å². The first-order valence-electron chi connectivity index (χ1n) is 7.16. The summed E-state index contributed by atoms with van der Waals surface area (Å²) in [5.41, 5.74) is 1.87. The number of aryl methyl sites for hydroxylation is 1. The molecular weight excluding hydrogens is 371 g/mol. The summed E-state index contributed by atoms with van der Waals surface area (Å²) in [5.74, 6) is -0.432. The molecule has 0 aromatic heterocycles. The topological polar surface area (TPSA) is 58.2 Å². The standard InChI is InChI=1S/C17H15Cl3N2O2/c1-10(23)21-16-9-12(18)4-6-15(16)22-17(24)7-3-11-2-5-13(19)14(20)8-11/h2,4-6,8-9H,3,7H2,1H3,(H,21,23)(H,22,24). The first kappa shape index (κ1) is 18.6. The van der Waals surface area contributed by atoms with E-state index in [1.54, 1.807) is 30.3 Å². The highest BCUT2D eigenvalue weighted by Crippen LogP contribution is 2.26. The van der Waals surface area contributed by atoms with Gasteiger partial charge in [-0.2, -0.15) is 0 Å². The molecule has 0 aliphatic carbocycles. The number of amides is 2. The van der Waals surface area contributed by atoms with E-state index in [9.17, 15) is 9.59 Å². The fourth-order valence-electron chi connectivity index (χ4n) is 2.08. The van der Waals surface area contributed by atoms with E-state index in [2.05, 4.69) is 10.6 Å². The molecule has 0 atom stereocenters. The number of hydrogen-bond donors (Lipinski definition) is 2. The van der Waals surface area contributed by atoms with Crippen molar-refractivity contribution in [2.75, 3.05) is 10.6 Å². The molecule has 0 saturated carbocycles. The number of nitrogens with one attached hydrogen (secondary N) is 2. The van der Waals surface area contributed by atoms with Gasteiger partial charge < -0.3 is 10.6 Å². The van der Waals surface area contributed by atoms with Crippen molar-refractivity contribution in [3.05, 3.63) is 57.0 Å². The van der Waals surface area contributed by atoms with Gasteiger partial charge in [0, 0.05) is 18.4 Å². The fourth-order valence-corrected chi connectivity index (χ4v) is 2.58. The maximum Gasteiger partial charge on any atom is 0.224 e. The van der Waals surface area contributed by atoms with Crippen molar-refractivity contribution < 1.29 is 9.59 Å². The van der Waals surface area contributed by atoms with Gasteiger partial charge in [0.1, 0.15) is 0 Å². The molecular formula is C17H15Cl3N2O2. The molecule has 0 spiro atoms. The smallest absolute Gasteiger partial charge is 0.224 e. The zero-order chi connectivity index (χ0) is 17.7. The van der Waals surface area contributed by atoms with Crippen molar-refractivity contribution in [1.82, 2.24) is 0 Å². The maximum atomic E-state index is 12.1. The van der Waals surface area contributed by atoms with E-state index in [0.29, 0.717) is 32.9 Å². The van der Waals surface area contributed by atoms with E-state index in [4.69, 9.17) is 34.8 Å². The average Bonchev–Trinajstić information content (AvgIpc) is 2.50. The van der Waals surface area contributed by atoms with Crippen LogP contribution in [-0.2, 0) is 16.0 Å². The number of halogens is 3. The summed E-state index contributed by atoms with van der Waals surface area (Å²) in [5, 5.41) is 6.81. The van der Waals surface area contributed by atoms with E-state index >= 15 is 0 Å². The van der Waals surface area contributed by atoms with Gasteiger partial charge in [0.2, 0.25) is 11.8 Å². The van der Waals surface area contributed by atoms with Gasteiger partial charge in [-0.05, 0) is 42.3 Å². The van der Waals surface area contributed by atoms with Gasteiger partial charge in [0.05, 0.1) is 21.4 Å². The van der Waals surface area contributed by atoms with Crippen LogP contribution in [0, 0.1) is 0 Å². The Morgan fingerprint density at radius 3 is 2.33 bits per heavy atom. The van der Waals surface area contributed by atoms with Crippen LogP contribution in [-0.4, -0.2) is 11.8 Å². The Kier molecular flexibility index (Phi) is 6.49. The van der Waals surface area contributed by atoms with Crippen molar-refractivity contribution in [3.63, 3.8) is 0 Å². The van der Waals surface area contributed by atoms with Crippen LogP contribution in [0.4, 0.5) is 11.4 Å². The van der Waals surface area contributed by atoms with Crippen LogP contribution in [0.25, 0.3) is 0 Å². The SMILES string of the molecule is CC(=O)Nc1cc(Cl)ccc1NC(=O)CCc1ccc(Cl)c(Cl)c1. The lowest BCUT2D eigenvalue weighted by Gasteiger charge is -2.12. The van der Waals surface area contributed by atoms with Crippen molar-refractivity contribution in [2.45, 2.75) is 19.8 Å². The maximum absolute atomic E-state index is 12.1. The lowest BCUT2D eigenvalue weighted by Crippen LogP contribution is -2.15. The molecule has 7 heteroatoms. The van der Waals surface area contributed by atoms with E-state index in [1.165, 1.54) is 6.92 Å². The van der Waals surface area contributed by atoms with Crippen molar-refractivity contribution in [3.8, 4) is 0 Å². The van der Waals surface area contributed by atoms with Crippen LogP contribution in [0.15, 0.2) is 36.4 Å². The molecule has 2 aromatic rings. The molecule has 2 N–H and O–H groups in total. The number of benzene rings is 2. The second-order valence-corrected chi connectivity index (χ2v) is 6.42. The Bertz CT molecular complexity index is 778. The molecule has 0 aliphatic heterocycles. The molecule has 0 aliphatic rings. The molecule has 0 heterocycles. The number of carbonyl (C=O) groups excluding carboxylic acids is 2. The van der Waals surface area contributed by atoms with Crippen LogP contribution in [0.5, 0.6) is 0 Å². The summed E-state index contributed by atoms with van der Waals surface area (Å²) >= 11 is 17.7. The number of rotatable bonds is 5. The van der Waals surface area contributed by atoms with E-state index in [0.717, 1.165) is 5.56 Å². The highest BCUT2D eigenvalue weighted by molar-refractivity contribution is 6.42. The van der Waals surface area contributed by atoms with Crippen LogP contribution in [0.2, 0.25) is 15.1 Å². The van der Waals surface area contributed by atoms with Gasteiger partial charge in [-0.25, -0.2) is 0 Å². The third-order valence-corrected chi connectivity index (χ3v) is 4.17. The first-order valence-corrected chi connectivity index (χ1v) is 8.29. The molecule has 2 amide bonds. The number of hydrogen-bond acceptors (Lipinski definition) is 2. The zero-order valence-electron chi connectivity index (χ0n) is 12.8. The molecule has 4 nitrogen and oxygen atoms in total. The van der Waals surface area contributed by atoms with E-state index < -0.39 is 0 Å². The second-order valence-electron chi connectivity index (χ2n) is 5.17. The third-order valence-electron chi connectivity index (χ3n) is 3.19. The van der Waals surface area contributed by atoms with Gasteiger partial charge in [-0.3, -0.25) is 9.59 Å². The Morgan fingerprint density at radius 1 is 0.917 bits per heavy atom. The lowest BCUT2D eigenvalue weighted by atomic mass is 10.1. The van der Waals surface area contributed by atoms with E-state index in [-0.39, 0.29) is 18.2 Å². The Balaban J connectivity index is 2.01. The fraction of sp³-hybridized carbons (Fsp3) is 0.176. The van der Waals surface area contributed by atoms with Crippen molar-refractivity contribution in [1.29, 1.82) is 0 Å². The molecule has 2 aromatic carbocycles. The van der Waals surface area contributed by atoms with Crippen molar-refractivity contribution in [2.24, 2.45) is 0 Å². The molecule has 24 heavy (non-hydrogen) atoms. The molecule has 0 bridgehead atoms. The minimum Gasteiger partial charge on any atom is -0.324 e. The minimum absolute atomic E-state index is 0.185. The summed E-state index contributed by atoms with van der Waals surface area (Å²) < 4.78 is 0. The summed E-state index contributed by atoms with van der Waals surface area (Å²) in [7, 11) is 0. The predicted octanol–water partition coefficient (Wildman–Crippen LogP) is 5.18. The van der Waals surface area contributed by atoms with Crippen LogP contribution in [0.3, 0.4) is 0 Å². The predicted molar refractivity (Wildman–Crippen MR) is 99.2 cm³/mol. The highest BCUT2D eigenvalue weighted by Gasteiger charge is 2.10. The monoisotopic (exact) mass is 384 g/mol. The molecule has 2 rings (SSSR count). The molecule has 0 fully saturated rings. The number of anilines is 2. The molecule has 126 valence electrons. The minimum atomic E-state index is -0.247. The zero-order valence-corrected chi connectivity index (χ0v) is 15.1. The summed E-state index contributed by atoms with van der Waals surface area (Å²) in [6.07, 6.45) is 0.784. The van der Waals surface area contributed by atoms with E-state index in [1.807, 2.05) is 6.07 Å². The Morgan fingerprint density at radius 2 is 1.67 bits per heavy atom. The summed E-state index contributed by atoms with van der Waals surface area (Å²) in [6, 6.07) is 10.1. The highest BCUT2D eigenvalue weighted by atomic mass is 35.5. The van der Waals surface area contributed by atoms with Gasteiger partial charge in [0.15, 0.2) is 0 Å². The second kappa shape index (κ2) is 8.38. The van der Waals surface area contributed by atoms with Crippen LogP contribution >= 0.6 is 34.8 Å². The largest absolute Gasteiger partial charge is 0.324 e. The quantitative estimate of drug-likeness (QED) is 0.745. The Hall–Kier alpha value is -1.75. The van der Waals surface area contributed by atoms with Crippen molar-refractivity contribution >= 4 is 58.0 Å². The summed E-state index contributed by atoms with van der Waals surface area (Å²) in [6.45, 7) is 1.39. The van der Waals surface area contributed by atoms with Crippen LogP contribution in [0.1, 0.15) is 18.9 Å². The lowest BCUT2D eigenvalue weighted by molar-refractivity contribution is -0.116. The van der Waals surface area contributed by atoms with Gasteiger partial charge in [-0.15, -0.1) is 0 Å². The van der Waals surface area contributed by atoms with Gasteiger partial charge in [-0.1, -0.05) is 40.9 Å². The first-order chi connectivity index (χ1) is 11.3. The normalized spacial score (nSPS) is 10.3. The van der Waals surface area contributed by atoms with Crippen LogP contribution < -0.4 is 10.6 Å². The summed E-state index contributed by atoms with van der Waals surface area (Å²) in [4.78, 5) is 23.4. The molecule has 0 unspecified atom stereocenters. The molecule has 0 radical (unpaired) electrons. The Labute approximate surface area is 155 Å². The van der Waals surface area contributed by atoms with Gasteiger partial charge >= 0.3 is 0 Å².